The summed E-state index contributed by atoms with van der Waals surface area (Å²) in [4.78, 5) is 25.1. The SMILES string of the molecule is Cc1ccc(S(=O)(=O)n2cc(-c3ncc(F)c(C[C@H]4CCC[C@@H](CC(=O)OC(C)(C)C)C4)n3)c3cc(F)cnc32)cc1. The number of benzene rings is 1. The van der Waals surface area contributed by atoms with Gasteiger partial charge in [-0.25, -0.2) is 36.1 Å². The highest BCUT2D eigenvalue weighted by atomic mass is 32.2. The first-order valence-corrected chi connectivity index (χ1v) is 15.5. The zero-order valence-corrected chi connectivity index (χ0v) is 24.9. The van der Waals surface area contributed by atoms with Gasteiger partial charge < -0.3 is 4.74 Å². The number of aromatic nitrogens is 4. The summed E-state index contributed by atoms with van der Waals surface area (Å²) in [6.45, 7) is 7.36. The molecule has 0 spiro atoms. The van der Waals surface area contributed by atoms with E-state index in [1.165, 1.54) is 24.4 Å². The van der Waals surface area contributed by atoms with Gasteiger partial charge in [0.15, 0.2) is 17.3 Å². The standard InChI is InChI=1S/C31H34F2N4O4S/c1-19-8-10-23(11-9-19)42(39,40)37-18-25(24-15-22(32)16-35-30(24)37)29-34-17-26(33)27(36-29)13-20-6-5-7-21(12-20)14-28(38)41-31(2,3)4/h8-11,15-18,20-21H,5-7,12-14H2,1-4H3/t20-,21+/m0/s1. The largest absolute Gasteiger partial charge is 0.460 e. The number of hydrogen-bond donors (Lipinski definition) is 0. The maximum absolute atomic E-state index is 15.0. The Labute approximate surface area is 244 Å². The van der Waals surface area contributed by atoms with Gasteiger partial charge in [0, 0.05) is 23.6 Å². The number of fused-ring (bicyclic) bond motifs is 1. The van der Waals surface area contributed by atoms with Crippen molar-refractivity contribution in [2.45, 2.75) is 76.7 Å². The normalized spacial score (nSPS) is 17.9. The van der Waals surface area contributed by atoms with Crippen LogP contribution in [0.5, 0.6) is 0 Å². The molecule has 1 saturated carbocycles. The van der Waals surface area contributed by atoms with Crippen LogP contribution in [0.3, 0.4) is 0 Å². The summed E-state index contributed by atoms with van der Waals surface area (Å²) in [7, 11) is -4.09. The number of rotatable bonds is 7. The highest BCUT2D eigenvalue weighted by molar-refractivity contribution is 7.90. The molecule has 3 aromatic heterocycles. The Bertz CT molecular complexity index is 1730. The molecule has 42 heavy (non-hydrogen) atoms. The van der Waals surface area contributed by atoms with Gasteiger partial charge in [0.2, 0.25) is 0 Å². The van der Waals surface area contributed by atoms with Crippen molar-refractivity contribution in [3.05, 3.63) is 71.8 Å². The fourth-order valence-corrected chi connectivity index (χ4v) is 6.90. The van der Waals surface area contributed by atoms with Crippen molar-refractivity contribution in [1.82, 2.24) is 18.9 Å². The molecule has 0 aliphatic heterocycles. The smallest absolute Gasteiger partial charge is 0.306 e. The summed E-state index contributed by atoms with van der Waals surface area (Å²) in [5.41, 5.74) is 0.773. The maximum atomic E-state index is 15.0. The van der Waals surface area contributed by atoms with Crippen LogP contribution < -0.4 is 0 Å². The lowest BCUT2D eigenvalue weighted by Gasteiger charge is -2.29. The molecule has 11 heteroatoms. The lowest BCUT2D eigenvalue weighted by Crippen LogP contribution is -2.27. The minimum absolute atomic E-state index is 0.0127. The second-order valence-corrected chi connectivity index (χ2v) is 13.9. The Morgan fingerprint density at radius 1 is 1.07 bits per heavy atom. The molecule has 2 atom stereocenters. The van der Waals surface area contributed by atoms with E-state index >= 15 is 0 Å². The van der Waals surface area contributed by atoms with Crippen LogP contribution in [0.4, 0.5) is 8.78 Å². The van der Waals surface area contributed by atoms with Gasteiger partial charge in [0.1, 0.15) is 11.4 Å². The third-order valence-electron chi connectivity index (χ3n) is 7.46. The predicted molar refractivity (Wildman–Crippen MR) is 154 cm³/mol. The third-order valence-corrected chi connectivity index (χ3v) is 9.13. The van der Waals surface area contributed by atoms with E-state index in [0.29, 0.717) is 12.8 Å². The summed E-state index contributed by atoms with van der Waals surface area (Å²) >= 11 is 0. The number of aryl methyl sites for hydroxylation is 1. The molecule has 0 amide bonds. The molecular weight excluding hydrogens is 562 g/mol. The number of nitrogens with zero attached hydrogens (tertiary/aromatic N) is 4. The number of pyridine rings is 1. The van der Waals surface area contributed by atoms with E-state index < -0.39 is 27.3 Å². The number of hydrogen-bond acceptors (Lipinski definition) is 7. The van der Waals surface area contributed by atoms with Crippen molar-refractivity contribution in [3.63, 3.8) is 0 Å². The molecule has 1 aliphatic rings. The van der Waals surface area contributed by atoms with Gasteiger partial charge in [-0.1, -0.05) is 30.5 Å². The molecule has 8 nitrogen and oxygen atoms in total. The molecule has 3 heterocycles. The molecule has 0 N–H and O–H groups in total. The van der Waals surface area contributed by atoms with E-state index in [1.807, 2.05) is 27.7 Å². The Morgan fingerprint density at radius 3 is 2.50 bits per heavy atom. The fourth-order valence-electron chi connectivity index (χ4n) is 5.58. The van der Waals surface area contributed by atoms with Crippen molar-refractivity contribution in [3.8, 4) is 11.4 Å². The van der Waals surface area contributed by atoms with Crippen LogP contribution in [0.2, 0.25) is 0 Å². The molecule has 5 rings (SSSR count). The molecule has 0 unspecified atom stereocenters. The molecular formula is C31H34F2N4O4S. The second-order valence-electron chi connectivity index (χ2n) is 12.1. The summed E-state index contributed by atoms with van der Waals surface area (Å²) in [5, 5.41) is 0.193. The zero-order valence-electron chi connectivity index (χ0n) is 24.1. The first kappa shape index (κ1) is 29.8. The van der Waals surface area contributed by atoms with Crippen LogP contribution in [0, 0.1) is 30.4 Å². The second kappa shape index (κ2) is 11.5. The monoisotopic (exact) mass is 596 g/mol. The summed E-state index contributed by atoms with van der Waals surface area (Å²) in [6.07, 6.45) is 7.38. The van der Waals surface area contributed by atoms with E-state index in [-0.39, 0.29) is 50.8 Å². The van der Waals surface area contributed by atoms with E-state index in [2.05, 4.69) is 15.0 Å². The van der Waals surface area contributed by atoms with Crippen molar-refractivity contribution in [2.24, 2.45) is 11.8 Å². The first-order chi connectivity index (χ1) is 19.8. The highest BCUT2D eigenvalue weighted by Gasteiger charge is 2.29. The first-order valence-electron chi connectivity index (χ1n) is 14.0. The lowest BCUT2D eigenvalue weighted by molar-refractivity contribution is -0.156. The van der Waals surface area contributed by atoms with Crippen LogP contribution in [-0.4, -0.2) is 38.9 Å². The molecule has 1 aliphatic carbocycles. The average molecular weight is 597 g/mol. The summed E-state index contributed by atoms with van der Waals surface area (Å²) in [6, 6.07) is 7.53. The van der Waals surface area contributed by atoms with Crippen LogP contribution in [-0.2, 0) is 26.0 Å². The third kappa shape index (κ3) is 6.51. The number of carbonyl (C=O) groups excluding carboxylic acids is 1. The van der Waals surface area contributed by atoms with Gasteiger partial charge >= 0.3 is 5.97 Å². The van der Waals surface area contributed by atoms with Crippen molar-refractivity contribution in [1.29, 1.82) is 0 Å². The molecule has 1 aromatic carbocycles. The maximum Gasteiger partial charge on any atom is 0.306 e. The Balaban J connectivity index is 1.45. The fraction of sp³-hybridized carbons (Fsp3) is 0.419. The van der Waals surface area contributed by atoms with Gasteiger partial charge in [-0.3, -0.25) is 4.79 Å². The number of ether oxygens (including phenoxy) is 1. The molecule has 0 radical (unpaired) electrons. The van der Waals surface area contributed by atoms with Crippen molar-refractivity contribution in [2.75, 3.05) is 0 Å². The molecule has 0 saturated heterocycles. The number of carbonyl (C=O) groups is 1. The van der Waals surface area contributed by atoms with Crippen LogP contribution in [0.15, 0.2) is 53.8 Å². The zero-order chi connectivity index (χ0) is 30.2. The van der Waals surface area contributed by atoms with Gasteiger partial charge in [-0.2, -0.15) is 0 Å². The van der Waals surface area contributed by atoms with Gasteiger partial charge in [-0.15, -0.1) is 0 Å². The van der Waals surface area contributed by atoms with Crippen molar-refractivity contribution >= 4 is 27.0 Å². The summed E-state index contributed by atoms with van der Waals surface area (Å²) < 4.78 is 62.9. The molecule has 1 fully saturated rings. The number of halogens is 2. The number of esters is 1. The average Bonchev–Trinajstić information content (AvgIpc) is 3.29. The van der Waals surface area contributed by atoms with Crippen LogP contribution in [0.25, 0.3) is 22.4 Å². The topological polar surface area (TPSA) is 104 Å². The molecule has 4 aromatic rings. The highest BCUT2D eigenvalue weighted by Crippen LogP contribution is 2.35. The van der Waals surface area contributed by atoms with E-state index in [1.54, 1.807) is 12.1 Å². The van der Waals surface area contributed by atoms with Gasteiger partial charge in [-0.05, 0) is 77.0 Å². The minimum Gasteiger partial charge on any atom is -0.460 e. The summed E-state index contributed by atoms with van der Waals surface area (Å²) in [5.74, 6) is -1.15. The molecule has 222 valence electrons. The minimum atomic E-state index is -4.09. The van der Waals surface area contributed by atoms with E-state index in [4.69, 9.17) is 4.74 Å². The van der Waals surface area contributed by atoms with E-state index in [9.17, 15) is 22.0 Å². The van der Waals surface area contributed by atoms with Gasteiger partial charge in [0.05, 0.1) is 23.0 Å². The Hall–Kier alpha value is -3.73. The lowest BCUT2D eigenvalue weighted by atomic mass is 9.78. The Morgan fingerprint density at radius 2 is 1.79 bits per heavy atom. The molecule has 0 bridgehead atoms. The van der Waals surface area contributed by atoms with Crippen LogP contribution >= 0.6 is 0 Å². The van der Waals surface area contributed by atoms with Crippen molar-refractivity contribution < 1.29 is 26.7 Å². The van der Waals surface area contributed by atoms with E-state index in [0.717, 1.165) is 47.6 Å². The Kier molecular flexibility index (Phi) is 8.15. The van der Waals surface area contributed by atoms with Crippen LogP contribution in [0.1, 0.15) is 64.1 Å². The van der Waals surface area contributed by atoms with Gasteiger partial charge in [0.25, 0.3) is 10.0 Å². The predicted octanol–water partition coefficient (Wildman–Crippen LogP) is 6.40. The quantitative estimate of drug-likeness (QED) is 0.228.